The zero-order valence-electron chi connectivity index (χ0n) is 8.03. The molecule has 0 aromatic heterocycles. The van der Waals surface area contributed by atoms with Gasteiger partial charge in [-0.2, -0.15) is 5.10 Å². The number of amides is 1. The number of nitrogens with zero attached hydrogens (tertiary/aromatic N) is 1. The van der Waals surface area contributed by atoms with Gasteiger partial charge >= 0.3 is 0 Å². The SMILES string of the molecule is C=Cc1ccccc1C=NNC(C)=O. The number of carbonyl (C=O) groups is 1. The summed E-state index contributed by atoms with van der Waals surface area (Å²) < 4.78 is 0. The molecule has 0 saturated heterocycles. The third-order valence-electron chi connectivity index (χ3n) is 1.64. The Morgan fingerprint density at radius 3 is 2.64 bits per heavy atom. The first kappa shape index (κ1) is 10.2. The molecule has 1 aromatic rings. The average Bonchev–Trinajstić information content (AvgIpc) is 2.18. The van der Waals surface area contributed by atoms with Gasteiger partial charge < -0.3 is 0 Å². The normalized spacial score (nSPS) is 10.1. The van der Waals surface area contributed by atoms with Crippen molar-refractivity contribution in [1.82, 2.24) is 5.43 Å². The number of hydrogen-bond acceptors (Lipinski definition) is 2. The van der Waals surface area contributed by atoms with Gasteiger partial charge in [-0.15, -0.1) is 0 Å². The number of nitrogens with one attached hydrogen (secondary N) is 1. The topological polar surface area (TPSA) is 41.5 Å². The number of benzene rings is 1. The third kappa shape index (κ3) is 2.86. The van der Waals surface area contributed by atoms with Crippen molar-refractivity contribution >= 4 is 18.2 Å². The second-order valence-electron chi connectivity index (χ2n) is 2.76. The Kier molecular flexibility index (Phi) is 3.61. The van der Waals surface area contributed by atoms with Crippen molar-refractivity contribution in [3.8, 4) is 0 Å². The lowest BCUT2D eigenvalue weighted by molar-refractivity contribution is -0.118. The van der Waals surface area contributed by atoms with Crippen molar-refractivity contribution in [3.63, 3.8) is 0 Å². The molecule has 0 spiro atoms. The van der Waals surface area contributed by atoms with E-state index in [0.717, 1.165) is 11.1 Å². The molecular formula is C11H12N2O. The molecule has 0 aliphatic rings. The van der Waals surface area contributed by atoms with Gasteiger partial charge in [0.1, 0.15) is 0 Å². The summed E-state index contributed by atoms with van der Waals surface area (Å²) >= 11 is 0. The van der Waals surface area contributed by atoms with E-state index in [4.69, 9.17) is 0 Å². The quantitative estimate of drug-likeness (QED) is 0.570. The number of hydrazone groups is 1. The molecule has 0 unspecified atom stereocenters. The van der Waals surface area contributed by atoms with Crippen LogP contribution < -0.4 is 5.43 Å². The Morgan fingerprint density at radius 1 is 1.43 bits per heavy atom. The second kappa shape index (κ2) is 4.97. The van der Waals surface area contributed by atoms with E-state index in [1.165, 1.54) is 6.92 Å². The highest BCUT2D eigenvalue weighted by Gasteiger charge is 1.93. The largest absolute Gasteiger partial charge is 0.274 e. The zero-order valence-corrected chi connectivity index (χ0v) is 8.03. The predicted octanol–water partition coefficient (Wildman–Crippen LogP) is 1.80. The maximum Gasteiger partial charge on any atom is 0.236 e. The number of hydrogen-bond donors (Lipinski definition) is 1. The fourth-order valence-corrected chi connectivity index (χ4v) is 1.01. The molecule has 0 bridgehead atoms. The third-order valence-corrected chi connectivity index (χ3v) is 1.64. The van der Waals surface area contributed by atoms with E-state index in [2.05, 4.69) is 17.1 Å². The summed E-state index contributed by atoms with van der Waals surface area (Å²) in [5.41, 5.74) is 4.26. The molecule has 0 aliphatic heterocycles. The fourth-order valence-electron chi connectivity index (χ4n) is 1.01. The van der Waals surface area contributed by atoms with E-state index in [1.54, 1.807) is 12.3 Å². The zero-order chi connectivity index (χ0) is 10.4. The molecule has 1 rings (SSSR count). The molecule has 3 nitrogen and oxygen atoms in total. The van der Waals surface area contributed by atoms with Crippen molar-refractivity contribution in [2.75, 3.05) is 0 Å². The van der Waals surface area contributed by atoms with Crippen LogP contribution in [-0.4, -0.2) is 12.1 Å². The van der Waals surface area contributed by atoms with Crippen LogP contribution in [0.15, 0.2) is 35.9 Å². The first-order valence-electron chi connectivity index (χ1n) is 4.25. The van der Waals surface area contributed by atoms with Gasteiger partial charge in [0.15, 0.2) is 0 Å². The van der Waals surface area contributed by atoms with Gasteiger partial charge in [-0.25, -0.2) is 5.43 Å². The minimum absolute atomic E-state index is 0.183. The van der Waals surface area contributed by atoms with Crippen LogP contribution in [0.4, 0.5) is 0 Å². The molecule has 0 atom stereocenters. The lowest BCUT2D eigenvalue weighted by atomic mass is 10.1. The lowest BCUT2D eigenvalue weighted by Crippen LogP contribution is -2.12. The highest BCUT2D eigenvalue weighted by Crippen LogP contribution is 2.06. The average molecular weight is 188 g/mol. The molecule has 14 heavy (non-hydrogen) atoms. The minimum Gasteiger partial charge on any atom is -0.274 e. The molecular weight excluding hydrogens is 176 g/mol. The Hall–Kier alpha value is -1.90. The van der Waals surface area contributed by atoms with E-state index in [0.29, 0.717) is 0 Å². The molecule has 0 radical (unpaired) electrons. The molecule has 1 amide bonds. The van der Waals surface area contributed by atoms with E-state index >= 15 is 0 Å². The van der Waals surface area contributed by atoms with Crippen molar-refractivity contribution in [2.24, 2.45) is 5.10 Å². The van der Waals surface area contributed by atoms with Crippen LogP contribution in [0, 0.1) is 0 Å². The van der Waals surface area contributed by atoms with Gasteiger partial charge in [0.25, 0.3) is 0 Å². The maximum atomic E-state index is 10.5. The lowest BCUT2D eigenvalue weighted by Gasteiger charge is -1.98. The van der Waals surface area contributed by atoms with E-state index < -0.39 is 0 Å². The molecule has 72 valence electrons. The molecule has 0 aliphatic carbocycles. The number of rotatable bonds is 3. The summed E-state index contributed by atoms with van der Waals surface area (Å²) in [6.07, 6.45) is 3.34. The van der Waals surface area contributed by atoms with Gasteiger partial charge in [0.2, 0.25) is 5.91 Å². The molecule has 0 heterocycles. The van der Waals surface area contributed by atoms with E-state index in [-0.39, 0.29) is 5.91 Å². The maximum absolute atomic E-state index is 10.5. The van der Waals surface area contributed by atoms with Crippen molar-refractivity contribution < 1.29 is 4.79 Å². The van der Waals surface area contributed by atoms with Crippen LogP contribution in [-0.2, 0) is 4.79 Å². The molecule has 1 N–H and O–H groups in total. The van der Waals surface area contributed by atoms with Crippen molar-refractivity contribution in [2.45, 2.75) is 6.92 Å². The second-order valence-corrected chi connectivity index (χ2v) is 2.76. The Balaban J connectivity index is 2.80. The number of carbonyl (C=O) groups excluding carboxylic acids is 1. The molecule has 3 heteroatoms. The first-order valence-corrected chi connectivity index (χ1v) is 4.25. The van der Waals surface area contributed by atoms with Gasteiger partial charge in [-0.1, -0.05) is 36.9 Å². The van der Waals surface area contributed by atoms with Gasteiger partial charge in [0, 0.05) is 12.5 Å². The van der Waals surface area contributed by atoms with Crippen LogP contribution >= 0.6 is 0 Å². The summed E-state index contributed by atoms with van der Waals surface area (Å²) in [5, 5.41) is 3.78. The summed E-state index contributed by atoms with van der Waals surface area (Å²) in [6, 6.07) is 7.67. The minimum atomic E-state index is -0.183. The Bertz CT molecular complexity index is 369. The highest BCUT2D eigenvalue weighted by molar-refractivity contribution is 5.86. The molecule has 1 aromatic carbocycles. The predicted molar refractivity (Wildman–Crippen MR) is 57.9 cm³/mol. The van der Waals surface area contributed by atoms with Crippen LogP contribution in [0.25, 0.3) is 6.08 Å². The first-order chi connectivity index (χ1) is 6.74. The fraction of sp³-hybridized carbons (Fsp3) is 0.0909. The molecule has 0 saturated carbocycles. The smallest absolute Gasteiger partial charge is 0.236 e. The van der Waals surface area contributed by atoms with Gasteiger partial charge in [-0.3, -0.25) is 4.79 Å². The van der Waals surface area contributed by atoms with Crippen LogP contribution in [0.3, 0.4) is 0 Å². The van der Waals surface area contributed by atoms with Crippen molar-refractivity contribution in [1.29, 1.82) is 0 Å². The van der Waals surface area contributed by atoms with Crippen LogP contribution in [0.1, 0.15) is 18.1 Å². The summed E-state index contributed by atoms with van der Waals surface area (Å²) in [7, 11) is 0. The Morgan fingerprint density at radius 2 is 2.07 bits per heavy atom. The standard InChI is InChI=1S/C11H12N2O/c1-3-10-6-4-5-7-11(10)8-12-13-9(2)14/h3-8H,1H2,2H3,(H,13,14). The van der Waals surface area contributed by atoms with Crippen LogP contribution in [0.2, 0.25) is 0 Å². The summed E-state index contributed by atoms with van der Waals surface area (Å²) in [5.74, 6) is -0.183. The summed E-state index contributed by atoms with van der Waals surface area (Å²) in [4.78, 5) is 10.5. The van der Waals surface area contributed by atoms with Crippen LogP contribution in [0.5, 0.6) is 0 Å². The monoisotopic (exact) mass is 188 g/mol. The highest BCUT2D eigenvalue weighted by atomic mass is 16.2. The summed E-state index contributed by atoms with van der Waals surface area (Å²) in [6.45, 7) is 5.10. The van der Waals surface area contributed by atoms with Crippen molar-refractivity contribution in [3.05, 3.63) is 42.0 Å². The molecule has 0 fully saturated rings. The van der Waals surface area contributed by atoms with Gasteiger partial charge in [0.05, 0.1) is 6.21 Å². The van der Waals surface area contributed by atoms with E-state index in [9.17, 15) is 4.79 Å². The van der Waals surface area contributed by atoms with Gasteiger partial charge in [-0.05, 0) is 5.56 Å². The van der Waals surface area contributed by atoms with E-state index in [1.807, 2.05) is 24.3 Å². The Labute approximate surface area is 83.1 Å².